The molecule has 4 nitrogen and oxygen atoms in total. The summed E-state index contributed by atoms with van der Waals surface area (Å²) in [5, 5.41) is 3.39. The van der Waals surface area contributed by atoms with Crippen LogP contribution in [0.3, 0.4) is 0 Å². The Morgan fingerprint density at radius 3 is 1.80 bits per heavy atom. The molecule has 0 fully saturated rings. The number of rotatable bonds is 5. The molecule has 0 saturated heterocycles. The first-order chi connectivity index (χ1) is 14.4. The van der Waals surface area contributed by atoms with Gasteiger partial charge in [-0.25, -0.2) is 8.42 Å². The van der Waals surface area contributed by atoms with E-state index in [-0.39, 0.29) is 26.4 Å². The molecule has 8 heteroatoms. The monoisotopic (exact) mass is 478 g/mol. The zero-order valence-electron chi connectivity index (χ0n) is 15.7. The molecule has 0 spiro atoms. The molecule has 0 bridgehead atoms. The number of fused-ring (bicyclic) bond motifs is 2. The van der Waals surface area contributed by atoms with Crippen LogP contribution in [0.4, 0.5) is 0 Å². The van der Waals surface area contributed by atoms with E-state index < -0.39 is 22.2 Å². The Morgan fingerprint density at radius 2 is 1.30 bits per heavy atom. The molecule has 154 valence electrons. The molecule has 0 aliphatic carbocycles. The molecule has 0 aromatic heterocycles. The third kappa shape index (κ3) is 3.68. The second kappa shape index (κ2) is 8.75. The molecule has 2 atom stereocenters. The van der Waals surface area contributed by atoms with Crippen LogP contribution in [0.2, 0.25) is 10.0 Å². The van der Waals surface area contributed by atoms with Crippen molar-refractivity contribution in [3.63, 3.8) is 0 Å². The summed E-state index contributed by atoms with van der Waals surface area (Å²) in [7, 11) is 0. The van der Waals surface area contributed by atoms with E-state index in [1.54, 1.807) is 19.1 Å². The number of hydrogen-bond donors (Lipinski definition) is 1. The van der Waals surface area contributed by atoms with E-state index in [1.165, 1.54) is 0 Å². The quantitative estimate of drug-likeness (QED) is 0.328. The maximum Gasteiger partial charge on any atom is 0.191 e. The van der Waals surface area contributed by atoms with Crippen LogP contribution in [0, 0.1) is 0 Å². The van der Waals surface area contributed by atoms with Crippen LogP contribution >= 0.6 is 23.2 Å². The first-order valence-corrected chi connectivity index (χ1v) is 12.0. The van der Waals surface area contributed by atoms with Gasteiger partial charge in [0.05, 0.1) is 26.4 Å². The highest BCUT2D eigenvalue weighted by molar-refractivity contribution is 7.80. The van der Waals surface area contributed by atoms with Gasteiger partial charge in [-0.1, -0.05) is 71.7 Å². The van der Waals surface area contributed by atoms with Crippen LogP contribution in [0.1, 0.15) is 6.92 Å². The van der Waals surface area contributed by atoms with Crippen molar-refractivity contribution in [1.29, 1.82) is 0 Å². The van der Waals surface area contributed by atoms with Gasteiger partial charge in [-0.3, -0.25) is 4.18 Å². The van der Waals surface area contributed by atoms with Crippen molar-refractivity contribution in [3.05, 3.63) is 70.7 Å². The first-order valence-electron chi connectivity index (χ1n) is 9.02. The Labute approximate surface area is 188 Å². The van der Waals surface area contributed by atoms with Crippen molar-refractivity contribution >= 4 is 66.9 Å². The summed E-state index contributed by atoms with van der Waals surface area (Å²) < 4.78 is 40.9. The Hall–Kier alpha value is -1.80. The van der Waals surface area contributed by atoms with Gasteiger partial charge in [0.1, 0.15) is 0 Å². The number of hydrogen-bond acceptors (Lipinski definition) is 3. The first kappa shape index (κ1) is 21.4. The Balaban J connectivity index is 2.29. The van der Waals surface area contributed by atoms with Crippen molar-refractivity contribution < 1.29 is 17.2 Å². The molecule has 2 unspecified atom stereocenters. The highest BCUT2D eigenvalue weighted by Gasteiger charge is 2.26. The lowest BCUT2D eigenvalue weighted by Gasteiger charge is -2.19. The van der Waals surface area contributed by atoms with E-state index in [1.807, 2.05) is 48.5 Å². The standard InChI is InChI=1S/C22H16Cl2O4S2/c1-2-28-30(27)22-18(24)12-14-8-4-6-10-16(14)20(22)19-15-9-5-3-7-13(15)11-17(23)21(19)29(25)26/h3-12H,2H2,1H3,(H,25,26). The zero-order chi connectivity index (χ0) is 21.4. The van der Waals surface area contributed by atoms with Gasteiger partial charge in [0.15, 0.2) is 22.2 Å². The Bertz CT molecular complexity index is 1340. The topological polar surface area (TPSA) is 63.6 Å². The molecule has 0 radical (unpaired) electrons. The normalized spacial score (nSPS) is 13.6. The number of halogens is 2. The zero-order valence-corrected chi connectivity index (χ0v) is 18.9. The summed E-state index contributed by atoms with van der Waals surface area (Å²) >= 11 is 8.72. The van der Waals surface area contributed by atoms with Gasteiger partial charge < -0.3 is 4.55 Å². The number of benzene rings is 4. The SMILES string of the molecule is CCOS(=O)c1c(Cl)cc2ccccc2c1-c1c(S(=O)O)c(Cl)cc2ccccc12. The molecule has 1 N–H and O–H groups in total. The summed E-state index contributed by atoms with van der Waals surface area (Å²) in [6, 6.07) is 18.2. The average molecular weight is 479 g/mol. The lowest BCUT2D eigenvalue weighted by molar-refractivity contribution is 0.372. The van der Waals surface area contributed by atoms with Gasteiger partial charge in [-0.05, 0) is 40.6 Å². The lowest BCUT2D eigenvalue weighted by atomic mass is 9.93. The molecule has 4 rings (SSSR count). The summed E-state index contributed by atoms with van der Waals surface area (Å²) in [4.78, 5) is 0.286. The van der Waals surface area contributed by atoms with Gasteiger partial charge in [0.25, 0.3) is 0 Å². The molecule has 0 aliphatic rings. The van der Waals surface area contributed by atoms with Crippen LogP contribution < -0.4 is 0 Å². The highest BCUT2D eigenvalue weighted by Crippen LogP contribution is 2.46. The smallest absolute Gasteiger partial charge is 0.191 e. The highest BCUT2D eigenvalue weighted by atomic mass is 35.5. The van der Waals surface area contributed by atoms with Crippen LogP contribution in [0.25, 0.3) is 32.7 Å². The maximum absolute atomic E-state index is 13.0. The summed E-state index contributed by atoms with van der Waals surface area (Å²) in [5.41, 5.74) is 0.890. The lowest BCUT2D eigenvalue weighted by Crippen LogP contribution is -2.04. The molecule has 4 aromatic carbocycles. The molecular formula is C22H16Cl2O4S2. The van der Waals surface area contributed by atoms with Crippen LogP contribution in [-0.2, 0) is 26.3 Å². The third-order valence-electron chi connectivity index (χ3n) is 4.73. The van der Waals surface area contributed by atoms with Crippen molar-refractivity contribution in [2.45, 2.75) is 16.7 Å². The second-order valence-corrected chi connectivity index (χ2v) is 9.29. The minimum atomic E-state index is -2.40. The minimum Gasteiger partial charge on any atom is -0.302 e. The van der Waals surface area contributed by atoms with Gasteiger partial charge in [0, 0.05) is 11.1 Å². The van der Waals surface area contributed by atoms with Crippen molar-refractivity contribution in [2.75, 3.05) is 6.61 Å². The molecule has 30 heavy (non-hydrogen) atoms. The Morgan fingerprint density at radius 1 is 0.833 bits per heavy atom. The second-order valence-electron chi connectivity index (χ2n) is 6.46. The Kier molecular flexibility index (Phi) is 6.25. The van der Waals surface area contributed by atoms with Crippen LogP contribution in [0.5, 0.6) is 0 Å². The predicted octanol–water partition coefficient (Wildman–Crippen LogP) is 6.61. The van der Waals surface area contributed by atoms with E-state index in [0.29, 0.717) is 16.5 Å². The average Bonchev–Trinajstić information content (AvgIpc) is 2.71. The predicted molar refractivity (Wildman–Crippen MR) is 124 cm³/mol. The van der Waals surface area contributed by atoms with Gasteiger partial charge in [-0.15, -0.1) is 0 Å². The molecule has 0 heterocycles. The van der Waals surface area contributed by atoms with Gasteiger partial charge >= 0.3 is 0 Å². The molecule has 0 saturated carbocycles. The largest absolute Gasteiger partial charge is 0.302 e. The van der Waals surface area contributed by atoms with E-state index in [2.05, 4.69) is 0 Å². The fourth-order valence-corrected chi connectivity index (χ4v) is 5.94. The molecular weight excluding hydrogens is 463 g/mol. The minimum absolute atomic E-state index is 0.0394. The van der Waals surface area contributed by atoms with E-state index in [4.69, 9.17) is 27.4 Å². The maximum atomic E-state index is 13.0. The van der Waals surface area contributed by atoms with E-state index >= 15 is 0 Å². The van der Waals surface area contributed by atoms with Crippen molar-refractivity contribution in [3.8, 4) is 11.1 Å². The van der Waals surface area contributed by atoms with Crippen molar-refractivity contribution in [2.24, 2.45) is 0 Å². The fourth-order valence-electron chi connectivity index (χ4n) is 3.58. The molecule has 0 aliphatic heterocycles. The molecule has 4 aromatic rings. The summed E-state index contributed by atoms with van der Waals surface area (Å²) in [6.07, 6.45) is 0. The van der Waals surface area contributed by atoms with E-state index in [9.17, 15) is 13.0 Å². The third-order valence-corrected chi connectivity index (χ3v) is 7.53. The van der Waals surface area contributed by atoms with Crippen molar-refractivity contribution in [1.82, 2.24) is 0 Å². The van der Waals surface area contributed by atoms with Crippen LogP contribution in [0.15, 0.2) is 70.5 Å². The fraction of sp³-hybridized carbons (Fsp3) is 0.0909. The van der Waals surface area contributed by atoms with Gasteiger partial charge in [0.2, 0.25) is 0 Å². The van der Waals surface area contributed by atoms with Crippen LogP contribution in [-0.4, -0.2) is 19.6 Å². The van der Waals surface area contributed by atoms with Gasteiger partial charge in [-0.2, -0.15) is 0 Å². The van der Waals surface area contributed by atoms with E-state index in [0.717, 1.165) is 16.2 Å². The summed E-state index contributed by atoms with van der Waals surface area (Å²) in [6.45, 7) is 1.94. The summed E-state index contributed by atoms with van der Waals surface area (Å²) in [5.74, 6) is 0. The molecule has 0 amide bonds.